The number of carbonyl (C=O) groups is 10. The Morgan fingerprint density at radius 3 is 1.50 bits per heavy atom. The van der Waals surface area contributed by atoms with E-state index in [9.17, 15) is 88.8 Å². The van der Waals surface area contributed by atoms with E-state index in [2.05, 4.69) is 37.2 Å². The van der Waals surface area contributed by atoms with Crippen LogP contribution in [0.4, 0.5) is 0 Å². The number of phenolic OH excluding ortho intramolecular Hbond substituents is 1. The van der Waals surface area contributed by atoms with Gasteiger partial charge in [-0.05, 0) is 89.5 Å². The Kier molecular flexibility index (Phi) is 30.3. The normalized spacial score (nSPS) is 16.4. The van der Waals surface area contributed by atoms with Crippen molar-refractivity contribution in [3.63, 3.8) is 0 Å². The summed E-state index contributed by atoms with van der Waals surface area (Å²) < 4.78 is 4.90. The Morgan fingerprint density at radius 2 is 1.01 bits per heavy atom. The Balaban J connectivity index is 3.47. The number of unbranched alkanes of at least 4 members (excludes halogenated alkanes) is 1. The minimum atomic E-state index is -1.99. The Labute approximate surface area is 438 Å². The predicted molar refractivity (Wildman–Crippen MR) is 265 cm³/mol. The van der Waals surface area contributed by atoms with Gasteiger partial charge in [0.15, 0.2) is 0 Å². The lowest BCUT2D eigenvalue weighted by atomic mass is 10.0. The number of aromatic hydroxyl groups is 1. The van der Waals surface area contributed by atoms with Crippen LogP contribution < -0.4 is 48.7 Å². The molecule has 2 unspecified atom stereocenters. The van der Waals surface area contributed by atoms with Crippen LogP contribution in [0.2, 0.25) is 0 Å². The number of phenols is 1. The molecule has 1 aromatic carbocycles. The maximum Gasteiger partial charge on any atom is 0.326 e. The second-order valence-electron chi connectivity index (χ2n) is 18.6. The van der Waals surface area contributed by atoms with Crippen molar-refractivity contribution < 1.29 is 98.6 Å². The van der Waals surface area contributed by atoms with Crippen LogP contribution in [0, 0.1) is 5.92 Å². The van der Waals surface area contributed by atoms with Gasteiger partial charge in [-0.25, -0.2) is 4.79 Å². The molecule has 0 bridgehead atoms. The fraction of sp³-hybridized carbons (Fsp3) is 0.660. The molecule has 20 N–H and O–H groups in total. The molecule has 76 heavy (non-hydrogen) atoms. The maximum atomic E-state index is 14.0. The summed E-state index contributed by atoms with van der Waals surface area (Å²) in [4.78, 5) is 132. The van der Waals surface area contributed by atoms with Gasteiger partial charge in [0.25, 0.3) is 0 Å². The van der Waals surface area contributed by atoms with Crippen molar-refractivity contribution in [2.24, 2.45) is 17.4 Å². The van der Waals surface area contributed by atoms with Crippen LogP contribution >= 0.6 is 0 Å². The summed E-state index contributed by atoms with van der Waals surface area (Å²) in [6.45, 7) is 5.21. The van der Waals surface area contributed by atoms with Crippen molar-refractivity contribution in [3.8, 4) is 5.75 Å². The molecule has 0 heterocycles. The molecule has 0 spiro atoms. The minimum Gasteiger partial charge on any atom is -0.508 e. The highest BCUT2D eigenvalue weighted by Gasteiger charge is 2.38. The van der Waals surface area contributed by atoms with E-state index in [0.717, 1.165) is 13.8 Å². The summed E-state index contributed by atoms with van der Waals surface area (Å²) in [6, 6.07) is -8.09. The maximum absolute atomic E-state index is 14.0. The number of aliphatic hydroxyl groups excluding tert-OH is 6. The topological polar surface area (TPSA) is 498 Å². The molecule has 1 rings (SSSR count). The molecule has 29 heteroatoms. The Hall–Kier alpha value is -6.60. The van der Waals surface area contributed by atoms with E-state index >= 15 is 0 Å². The van der Waals surface area contributed by atoms with Gasteiger partial charge >= 0.3 is 17.9 Å². The third-order valence-corrected chi connectivity index (χ3v) is 11.5. The number of rotatable bonds is 36. The average Bonchev–Trinajstić information content (AvgIpc) is 3.34. The van der Waals surface area contributed by atoms with E-state index in [1.807, 2.05) is 0 Å². The van der Waals surface area contributed by atoms with Crippen molar-refractivity contribution in [2.75, 3.05) is 19.8 Å². The highest BCUT2D eigenvalue weighted by Crippen LogP contribution is 2.14. The quantitative estimate of drug-likeness (QED) is 0.0220. The van der Waals surface area contributed by atoms with Gasteiger partial charge in [-0.3, -0.25) is 43.2 Å². The number of hydrogen-bond acceptors (Lipinski definition) is 20. The number of carbonyl (C=O) groups excluding carboxylic acids is 8. The van der Waals surface area contributed by atoms with Gasteiger partial charge in [-0.2, -0.15) is 0 Å². The van der Waals surface area contributed by atoms with E-state index < -0.39 is 177 Å². The van der Waals surface area contributed by atoms with Crippen LogP contribution in [0.5, 0.6) is 5.75 Å². The molecule has 0 fully saturated rings. The molecular formula is C47H77N9O20. The lowest BCUT2D eigenvalue weighted by Gasteiger charge is -2.30. The lowest BCUT2D eigenvalue weighted by Crippen LogP contribution is -2.63. The van der Waals surface area contributed by atoms with E-state index in [0.29, 0.717) is 12.0 Å². The zero-order valence-electron chi connectivity index (χ0n) is 43.0. The van der Waals surface area contributed by atoms with E-state index in [1.165, 1.54) is 31.2 Å². The zero-order chi connectivity index (χ0) is 58.0. The summed E-state index contributed by atoms with van der Waals surface area (Å²) >= 11 is 0. The minimum absolute atomic E-state index is 0.0709. The fourth-order valence-electron chi connectivity index (χ4n) is 6.95. The van der Waals surface area contributed by atoms with Crippen LogP contribution in [0.3, 0.4) is 0 Å². The zero-order valence-corrected chi connectivity index (χ0v) is 43.0. The summed E-state index contributed by atoms with van der Waals surface area (Å²) in [5.74, 6) is -12.4. The van der Waals surface area contributed by atoms with Crippen molar-refractivity contribution in [1.82, 2.24) is 37.2 Å². The van der Waals surface area contributed by atoms with Crippen LogP contribution in [0.25, 0.3) is 0 Å². The molecule has 0 saturated heterocycles. The smallest absolute Gasteiger partial charge is 0.326 e. The molecule has 430 valence electrons. The van der Waals surface area contributed by atoms with Gasteiger partial charge < -0.3 is 99.4 Å². The molecule has 1 aromatic rings. The van der Waals surface area contributed by atoms with Gasteiger partial charge in [0.2, 0.25) is 41.4 Å². The monoisotopic (exact) mass is 1090 g/mol. The van der Waals surface area contributed by atoms with Gasteiger partial charge in [0.05, 0.1) is 24.9 Å². The third kappa shape index (κ3) is 24.8. The molecule has 7 amide bonds. The average molecular weight is 1090 g/mol. The van der Waals surface area contributed by atoms with Crippen molar-refractivity contribution >= 4 is 59.3 Å². The summed E-state index contributed by atoms with van der Waals surface area (Å²) in [6.07, 6.45) is -10.6. The summed E-state index contributed by atoms with van der Waals surface area (Å²) in [7, 11) is 0. The number of ether oxygens (including phenoxy) is 1. The number of esters is 1. The van der Waals surface area contributed by atoms with Crippen LogP contribution in [-0.4, -0.2) is 204 Å². The van der Waals surface area contributed by atoms with Crippen LogP contribution in [0.15, 0.2) is 24.3 Å². The first-order chi connectivity index (χ1) is 35.5. The first-order valence-electron chi connectivity index (χ1n) is 24.5. The Morgan fingerprint density at radius 1 is 0.553 bits per heavy atom. The first-order valence-corrected chi connectivity index (χ1v) is 24.5. The van der Waals surface area contributed by atoms with Crippen LogP contribution in [0.1, 0.15) is 91.5 Å². The third-order valence-electron chi connectivity index (χ3n) is 11.5. The largest absolute Gasteiger partial charge is 0.508 e. The van der Waals surface area contributed by atoms with Gasteiger partial charge in [0.1, 0.15) is 72.9 Å². The molecular weight excluding hydrogens is 1010 g/mol. The highest BCUT2D eigenvalue weighted by molar-refractivity contribution is 5.98. The van der Waals surface area contributed by atoms with Gasteiger partial charge in [-0.1, -0.05) is 26.0 Å². The van der Waals surface area contributed by atoms with Crippen molar-refractivity contribution in [2.45, 2.75) is 171 Å². The molecule has 29 nitrogen and oxygen atoms in total. The molecule has 0 aliphatic rings. The number of nitrogens with one attached hydrogen (secondary N) is 7. The fourth-order valence-corrected chi connectivity index (χ4v) is 6.95. The van der Waals surface area contributed by atoms with Crippen molar-refractivity contribution in [3.05, 3.63) is 29.8 Å². The number of nitrogens with two attached hydrogens (primary N) is 2. The van der Waals surface area contributed by atoms with E-state index in [-0.39, 0.29) is 43.9 Å². The predicted octanol–water partition coefficient (Wildman–Crippen LogP) is -6.04. The molecule has 13 atom stereocenters. The number of carboxylic acids is 2. The van der Waals surface area contributed by atoms with Crippen LogP contribution in [-0.2, 0) is 59.1 Å². The second kappa shape index (κ2) is 34.1. The molecule has 0 radical (unpaired) electrons. The molecule has 0 aliphatic carbocycles. The molecule has 0 aliphatic heterocycles. The number of hydrogen-bond donors (Lipinski definition) is 18. The number of aliphatic carboxylic acids is 2. The first kappa shape index (κ1) is 67.4. The number of carboxylic acid groups (broad SMARTS) is 2. The standard InChI is InChI=1S/C47H77N9O20/c1-22(2)18-31(42(69)51-29(14-16-36(66)76-21-34(63)33(62)20-57)40(67)52-30(47(74)75)8-6-7-17-48)54-45(72)38(24(4)59)56-46(73)39(25(5)60)55-41(68)28(13-15-35(64)65)50-43(70)32(53-44(71)37(49)23(3)58)19-26-9-11-27(61)12-10-26/h9-12,22-25,28-34,37-39,57-63H,6-8,13-21,48-49H2,1-5H3,(H,50,70)(H,51,69)(H,52,67)(H,53,71)(H,54,72)(H,55,68)(H,56,73)(H,64,65)(H,74,75)/t23-,24-,25-,28+,29+,30+,31+,32+,33?,34?,37+,38+,39+/m1/s1. The SMILES string of the molecule is CC(C)C[C@H](NC(=O)[C@@H](NC(=O)[C@@H](NC(=O)[C@H](CCC(=O)O)NC(=O)[C@H](Cc1ccc(O)cc1)NC(=O)[C@@H](N)[C@@H](C)O)[C@@H](C)O)[C@@H](C)O)C(=O)N[C@@H](CCC(=O)OCC(O)C(O)CO)C(=O)N[C@@H](CCCCN)C(=O)O. The van der Waals surface area contributed by atoms with E-state index in [1.54, 1.807) is 13.8 Å². The number of aliphatic hydroxyl groups is 6. The van der Waals surface area contributed by atoms with Gasteiger partial charge in [-0.15, -0.1) is 0 Å². The summed E-state index contributed by atoms with van der Waals surface area (Å²) in [5, 5.41) is 105. The second-order valence-corrected chi connectivity index (χ2v) is 18.6. The molecule has 0 aromatic heterocycles. The summed E-state index contributed by atoms with van der Waals surface area (Å²) in [5.41, 5.74) is 11.7. The Bertz CT molecular complexity index is 2080. The number of benzene rings is 1. The van der Waals surface area contributed by atoms with Gasteiger partial charge in [0, 0.05) is 19.3 Å². The highest BCUT2D eigenvalue weighted by atomic mass is 16.5. The number of amides is 7. The van der Waals surface area contributed by atoms with Crippen molar-refractivity contribution in [1.29, 1.82) is 0 Å². The molecule has 0 saturated carbocycles. The lowest BCUT2D eigenvalue weighted by molar-refractivity contribution is -0.150. The van der Waals surface area contributed by atoms with E-state index in [4.69, 9.17) is 21.3 Å².